The standard InChI is InChI=1S/C28H26N6O2/c1-3-25(35)32-12-14-33(15-13-32)27-21-10-11-34(18-23(21)22(17-30)28(31-27)36-2)24-9-5-7-19-6-4-8-20(16-29)26(19)24/h3-9H,1,10-15,18H2,2H3. The molecule has 1 saturated heterocycles. The Morgan fingerprint density at radius 3 is 2.44 bits per heavy atom. The van der Waals surface area contributed by atoms with Gasteiger partial charge in [-0.15, -0.1) is 0 Å². The van der Waals surface area contributed by atoms with Crippen LogP contribution in [0.1, 0.15) is 22.3 Å². The van der Waals surface area contributed by atoms with E-state index in [4.69, 9.17) is 9.72 Å². The molecule has 0 saturated carbocycles. The van der Waals surface area contributed by atoms with Gasteiger partial charge in [0.1, 0.15) is 17.5 Å². The molecule has 0 unspecified atom stereocenters. The predicted octanol–water partition coefficient (Wildman–Crippen LogP) is 3.38. The van der Waals surface area contributed by atoms with E-state index in [-0.39, 0.29) is 5.91 Å². The van der Waals surface area contributed by atoms with E-state index in [0.717, 1.165) is 39.9 Å². The molecule has 36 heavy (non-hydrogen) atoms. The summed E-state index contributed by atoms with van der Waals surface area (Å²) in [5, 5.41) is 21.7. The number of hydrogen-bond acceptors (Lipinski definition) is 7. The first-order chi connectivity index (χ1) is 17.6. The summed E-state index contributed by atoms with van der Waals surface area (Å²) in [7, 11) is 1.53. The van der Waals surface area contributed by atoms with Gasteiger partial charge in [0, 0.05) is 61.5 Å². The monoisotopic (exact) mass is 478 g/mol. The maximum absolute atomic E-state index is 12.0. The van der Waals surface area contributed by atoms with Crippen LogP contribution in [0.2, 0.25) is 0 Å². The van der Waals surface area contributed by atoms with Crippen LogP contribution in [-0.4, -0.2) is 55.6 Å². The van der Waals surface area contributed by atoms with Crippen LogP contribution in [0.15, 0.2) is 49.1 Å². The summed E-state index contributed by atoms with van der Waals surface area (Å²) < 4.78 is 5.56. The molecular weight excluding hydrogens is 452 g/mol. The first kappa shape index (κ1) is 23.2. The van der Waals surface area contributed by atoms with Crippen molar-refractivity contribution in [2.75, 3.05) is 49.6 Å². The minimum Gasteiger partial charge on any atom is -0.480 e. The normalized spacial score (nSPS) is 15.1. The number of ether oxygens (including phenoxy) is 1. The summed E-state index contributed by atoms with van der Waals surface area (Å²) in [5.74, 6) is 1.07. The number of benzene rings is 2. The van der Waals surface area contributed by atoms with Crippen LogP contribution < -0.4 is 14.5 Å². The molecule has 2 aromatic carbocycles. The Kier molecular flexibility index (Phi) is 6.18. The summed E-state index contributed by atoms with van der Waals surface area (Å²) in [4.78, 5) is 23.0. The van der Waals surface area contributed by atoms with Crippen molar-refractivity contribution < 1.29 is 9.53 Å². The first-order valence-electron chi connectivity index (χ1n) is 11.9. The Hall–Kier alpha value is -4.56. The molecule has 0 aliphatic carbocycles. The molecule has 1 aromatic heterocycles. The van der Waals surface area contributed by atoms with E-state index in [1.807, 2.05) is 36.4 Å². The van der Waals surface area contributed by atoms with Crippen LogP contribution >= 0.6 is 0 Å². The molecule has 2 aliphatic rings. The molecule has 180 valence electrons. The number of carbonyl (C=O) groups is 1. The molecule has 0 spiro atoms. The first-order valence-corrected chi connectivity index (χ1v) is 11.9. The average Bonchev–Trinajstić information content (AvgIpc) is 2.94. The number of amides is 1. The summed E-state index contributed by atoms with van der Waals surface area (Å²) in [6.07, 6.45) is 2.05. The molecule has 0 N–H and O–H groups in total. The van der Waals surface area contributed by atoms with Gasteiger partial charge in [0.2, 0.25) is 11.8 Å². The largest absolute Gasteiger partial charge is 0.480 e. The zero-order valence-corrected chi connectivity index (χ0v) is 20.2. The van der Waals surface area contributed by atoms with Gasteiger partial charge in [0.15, 0.2) is 0 Å². The molecule has 3 heterocycles. The van der Waals surface area contributed by atoms with Crippen molar-refractivity contribution in [1.82, 2.24) is 9.88 Å². The number of pyridine rings is 1. The molecular formula is C28H26N6O2. The summed E-state index contributed by atoms with van der Waals surface area (Å²) in [5.41, 5.74) is 4.01. The van der Waals surface area contributed by atoms with Crippen LogP contribution in [-0.2, 0) is 17.8 Å². The number of nitriles is 2. The second-order valence-electron chi connectivity index (χ2n) is 8.87. The second-order valence-corrected chi connectivity index (χ2v) is 8.87. The highest BCUT2D eigenvalue weighted by Crippen LogP contribution is 2.38. The zero-order chi connectivity index (χ0) is 25.2. The lowest BCUT2D eigenvalue weighted by Gasteiger charge is -2.38. The SMILES string of the molecule is C=CC(=O)N1CCN(c2nc(OC)c(C#N)c3c2CCN(c2cccc4cccc(C#N)c24)C3)CC1. The van der Waals surface area contributed by atoms with Crippen LogP contribution in [0.5, 0.6) is 5.88 Å². The van der Waals surface area contributed by atoms with Gasteiger partial charge in [-0.1, -0.05) is 30.8 Å². The molecule has 0 bridgehead atoms. The van der Waals surface area contributed by atoms with E-state index in [2.05, 4.69) is 28.5 Å². The Morgan fingerprint density at radius 2 is 1.78 bits per heavy atom. The number of piperazine rings is 1. The maximum Gasteiger partial charge on any atom is 0.246 e. The lowest BCUT2D eigenvalue weighted by atomic mass is 9.94. The number of nitrogens with zero attached hydrogens (tertiary/aromatic N) is 6. The third-order valence-corrected chi connectivity index (χ3v) is 7.05. The second kappa shape index (κ2) is 9.59. The molecule has 0 radical (unpaired) electrons. The lowest BCUT2D eigenvalue weighted by molar-refractivity contribution is -0.126. The quantitative estimate of drug-likeness (QED) is 0.531. The van der Waals surface area contributed by atoms with Crippen molar-refractivity contribution in [3.8, 4) is 18.0 Å². The molecule has 5 rings (SSSR count). The lowest BCUT2D eigenvalue weighted by Crippen LogP contribution is -2.49. The van der Waals surface area contributed by atoms with E-state index in [1.165, 1.54) is 13.2 Å². The van der Waals surface area contributed by atoms with Gasteiger partial charge >= 0.3 is 0 Å². The Morgan fingerprint density at radius 1 is 1.03 bits per heavy atom. The predicted molar refractivity (Wildman–Crippen MR) is 138 cm³/mol. The van der Waals surface area contributed by atoms with Crippen molar-refractivity contribution in [2.24, 2.45) is 0 Å². The van der Waals surface area contributed by atoms with Crippen molar-refractivity contribution in [1.29, 1.82) is 10.5 Å². The molecule has 2 aliphatic heterocycles. The number of anilines is 2. The van der Waals surface area contributed by atoms with Crippen molar-refractivity contribution in [3.63, 3.8) is 0 Å². The Labute approximate surface area is 210 Å². The third kappa shape index (κ3) is 3.87. The number of carbonyl (C=O) groups excluding carboxylic acids is 1. The highest BCUT2D eigenvalue weighted by molar-refractivity contribution is 5.98. The highest BCUT2D eigenvalue weighted by Gasteiger charge is 2.31. The number of hydrogen-bond donors (Lipinski definition) is 0. The highest BCUT2D eigenvalue weighted by atomic mass is 16.5. The fourth-order valence-corrected chi connectivity index (χ4v) is 5.26. The van der Waals surface area contributed by atoms with Gasteiger partial charge in [-0.25, -0.2) is 0 Å². The smallest absolute Gasteiger partial charge is 0.246 e. The number of aromatic nitrogens is 1. The molecule has 3 aromatic rings. The zero-order valence-electron chi connectivity index (χ0n) is 20.2. The van der Waals surface area contributed by atoms with Gasteiger partial charge in [-0.2, -0.15) is 15.5 Å². The minimum absolute atomic E-state index is 0.0653. The van der Waals surface area contributed by atoms with Crippen LogP contribution in [0.4, 0.5) is 11.5 Å². The van der Waals surface area contributed by atoms with E-state index < -0.39 is 0 Å². The van der Waals surface area contributed by atoms with Crippen molar-refractivity contribution in [3.05, 3.63) is 71.3 Å². The number of methoxy groups -OCH3 is 1. The van der Waals surface area contributed by atoms with Gasteiger partial charge in [0.05, 0.1) is 18.7 Å². The summed E-state index contributed by atoms with van der Waals surface area (Å²) >= 11 is 0. The third-order valence-electron chi connectivity index (χ3n) is 7.05. The Balaban J connectivity index is 1.55. The minimum atomic E-state index is -0.0653. The van der Waals surface area contributed by atoms with Gasteiger partial charge in [-0.05, 0) is 30.0 Å². The van der Waals surface area contributed by atoms with Gasteiger partial charge in [-0.3, -0.25) is 4.79 Å². The molecule has 8 heteroatoms. The molecule has 1 amide bonds. The van der Waals surface area contributed by atoms with Crippen LogP contribution in [0.25, 0.3) is 10.8 Å². The average molecular weight is 479 g/mol. The fraction of sp³-hybridized carbons (Fsp3) is 0.286. The Bertz CT molecular complexity index is 1440. The summed E-state index contributed by atoms with van der Waals surface area (Å²) in [6, 6.07) is 16.4. The van der Waals surface area contributed by atoms with Crippen LogP contribution in [0, 0.1) is 22.7 Å². The van der Waals surface area contributed by atoms with E-state index >= 15 is 0 Å². The van der Waals surface area contributed by atoms with E-state index in [0.29, 0.717) is 56.2 Å². The summed E-state index contributed by atoms with van der Waals surface area (Å²) in [6.45, 7) is 7.29. The maximum atomic E-state index is 12.0. The van der Waals surface area contributed by atoms with Crippen molar-refractivity contribution >= 4 is 28.2 Å². The number of rotatable bonds is 4. The number of fused-ring (bicyclic) bond motifs is 2. The van der Waals surface area contributed by atoms with Crippen LogP contribution in [0.3, 0.4) is 0 Å². The fourth-order valence-electron chi connectivity index (χ4n) is 5.26. The molecule has 1 fully saturated rings. The topological polar surface area (TPSA) is 96.5 Å². The van der Waals surface area contributed by atoms with Gasteiger partial charge in [0.25, 0.3) is 0 Å². The van der Waals surface area contributed by atoms with E-state index in [1.54, 1.807) is 4.90 Å². The molecule has 0 atom stereocenters. The van der Waals surface area contributed by atoms with Gasteiger partial charge < -0.3 is 19.4 Å². The molecule has 8 nitrogen and oxygen atoms in total. The van der Waals surface area contributed by atoms with Crippen molar-refractivity contribution in [2.45, 2.75) is 13.0 Å². The van der Waals surface area contributed by atoms with E-state index in [9.17, 15) is 15.3 Å².